The molecular formula is C16H25N3O2. The summed E-state index contributed by atoms with van der Waals surface area (Å²) in [6.07, 6.45) is 0. The molecule has 1 aromatic rings. The van der Waals surface area contributed by atoms with Crippen molar-refractivity contribution in [2.24, 2.45) is 17.6 Å². The molecule has 21 heavy (non-hydrogen) atoms. The minimum absolute atomic E-state index is 0.0785. The third kappa shape index (κ3) is 3.67. The van der Waals surface area contributed by atoms with E-state index >= 15 is 0 Å². The third-order valence-corrected chi connectivity index (χ3v) is 4.18. The van der Waals surface area contributed by atoms with Crippen molar-refractivity contribution in [3.63, 3.8) is 0 Å². The molecule has 1 amide bonds. The molecule has 1 saturated heterocycles. The lowest BCUT2D eigenvalue weighted by molar-refractivity contribution is -0.136. The van der Waals surface area contributed by atoms with Crippen molar-refractivity contribution in [2.75, 3.05) is 37.6 Å². The maximum atomic E-state index is 12.5. The van der Waals surface area contributed by atoms with Crippen LogP contribution in [0.3, 0.4) is 0 Å². The van der Waals surface area contributed by atoms with E-state index < -0.39 is 0 Å². The van der Waals surface area contributed by atoms with Crippen molar-refractivity contribution >= 4 is 11.6 Å². The summed E-state index contributed by atoms with van der Waals surface area (Å²) in [5.74, 6) is 0.649. The molecule has 1 aliphatic heterocycles. The molecule has 3 N–H and O–H groups in total. The summed E-state index contributed by atoms with van der Waals surface area (Å²) in [5, 5.41) is 9.33. The molecule has 116 valence electrons. The van der Waals surface area contributed by atoms with E-state index in [0.717, 1.165) is 31.9 Å². The number of benzene rings is 1. The van der Waals surface area contributed by atoms with Crippen molar-refractivity contribution in [2.45, 2.75) is 13.8 Å². The highest BCUT2D eigenvalue weighted by Gasteiger charge is 2.28. The number of phenolic OH excluding ortho intramolecular Hbond substituents is 1. The first kappa shape index (κ1) is 15.6. The molecule has 1 aliphatic rings. The number of aromatic hydroxyl groups is 1. The Balaban J connectivity index is 1.93. The van der Waals surface area contributed by atoms with Crippen molar-refractivity contribution < 1.29 is 9.90 Å². The number of nitrogens with zero attached hydrogens (tertiary/aromatic N) is 2. The monoisotopic (exact) mass is 291 g/mol. The minimum atomic E-state index is -0.0785. The van der Waals surface area contributed by atoms with Gasteiger partial charge in [-0.05, 0) is 30.2 Å². The van der Waals surface area contributed by atoms with Crippen LogP contribution >= 0.6 is 0 Å². The van der Waals surface area contributed by atoms with Gasteiger partial charge in [-0.3, -0.25) is 4.79 Å². The second-order valence-corrected chi connectivity index (χ2v) is 5.91. The fourth-order valence-corrected chi connectivity index (χ4v) is 2.74. The van der Waals surface area contributed by atoms with E-state index in [9.17, 15) is 9.90 Å². The summed E-state index contributed by atoms with van der Waals surface area (Å²) in [6, 6.07) is 7.19. The Bertz CT molecular complexity index is 465. The zero-order valence-corrected chi connectivity index (χ0v) is 12.8. The van der Waals surface area contributed by atoms with Gasteiger partial charge in [-0.2, -0.15) is 0 Å². The van der Waals surface area contributed by atoms with Crippen LogP contribution < -0.4 is 10.6 Å². The molecule has 0 aromatic heterocycles. The summed E-state index contributed by atoms with van der Waals surface area (Å²) in [5.41, 5.74) is 6.81. The maximum Gasteiger partial charge on any atom is 0.227 e. The largest absolute Gasteiger partial charge is 0.508 e. The van der Waals surface area contributed by atoms with E-state index in [0.29, 0.717) is 6.54 Å². The second kappa shape index (κ2) is 6.80. The van der Waals surface area contributed by atoms with Crippen LogP contribution in [0.5, 0.6) is 5.75 Å². The number of anilines is 1. The lowest BCUT2D eigenvalue weighted by atomic mass is 9.94. The molecule has 2 rings (SSSR count). The van der Waals surface area contributed by atoms with Crippen molar-refractivity contribution in [1.29, 1.82) is 0 Å². The Labute approximate surface area is 126 Å². The number of amides is 1. The van der Waals surface area contributed by atoms with Crippen molar-refractivity contribution in [3.05, 3.63) is 24.3 Å². The first-order chi connectivity index (χ1) is 10.0. The van der Waals surface area contributed by atoms with Crippen LogP contribution in [-0.2, 0) is 4.79 Å². The number of hydrogen-bond acceptors (Lipinski definition) is 4. The molecule has 5 nitrogen and oxygen atoms in total. The molecule has 0 saturated carbocycles. The average Bonchev–Trinajstić information content (AvgIpc) is 2.48. The van der Waals surface area contributed by atoms with E-state index in [1.165, 1.54) is 0 Å². The topological polar surface area (TPSA) is 69.8 Å². The molecule has 0 aliphatic carbocycles. The minimum Gasteiger partial charge on any atom is -0.508 e. The molecule has 1 aromatic carbocycles. The first-order valence-corrected chi connectivity index (χ1v) is 7.55. The maximum absolute atomic E-state index is 12.5. The van der Waals surface area contributed by atoms with E-state index in [1.807, 2.05) is 30.9 Å². The highest BCUT2D eigenvalue weighted by Crippen LogP contribution is 2.21. The fraction of sp³-hybridized carbons (Fsp3) is 0.562. The average molecular weight is 291 g/mol. The van der Waals surface area contributed by atoms with Gasteiger partial charge in [0, 0.05) is 38.4 Å². The predicted molar refractivity (Wildman–Crippen MR) is 84.3 cm³/mol. The number of piperazine rings is 1. The van der Waals surface area contributed by atoms with E-state index in [-0.39, 0.29) is 23.5 Å². The predicted octanol–water partition coefficient (Wildman–Crippen LogP) is 1.27. The number of carbonyl (C=O) groups excluding carboxylic acids is 1. The molecule has 0 radical (unpaired) electrons. The third-order valence-electron chi connectivity index (χ3n) is 4.18. The molecule has 1 atom stereocenters. The van der Waals surface area contributed by atoms with Crippen molar-refractivity contribution in [3.8, 4) is 5.75 Å². The second-order valence-electron chi connectivity index (χ2n) is 5.91. The van der Waals surface area contributed by atoms with Crippen LogP contribution in [0, 0.1) is 11.8 Å². The van der Waals surface area contributed by atoms with E-state index in [1.54, 1.807) is 12.1 Å². The van der Waals surface area contributed by atoms with Crippen LogP contribution in [0.1, 0.15) is 13.8 Å². The van der Waals surface area contributed by atoms with E-state index in [4.69, 9.17) is 5.73 Å². The molecule has 5 heteroatoms. The van der Waals surface area contributed by atoms with Crippen LogP contribution in [-0.4, -0.2) is 48.6 Å². The van der Waals surface area contributed by atoms with Gasteiger partial charge in [0.2, 0.25) is 5.91 Å². The zero-order valence-electron chi connectivity index (χ0n) is 12.8. The highest BCUT2D eigenvalue weighted by molar-refractivity contribution is 5.79. The Morgan fingerprint density at radius 2 is 1.76 bits per heavy atom. The SMILES string of the molecule is CC(C)C(CN)C(=O)N1CCN(c2ccc(O)cc2)CC1. The number of nitrogens with two attached hydrogens (primary N) is 1. The highest BCUT2D eigenvalue weighted by atomic mass is 16.3. The summed E-state index contributed by atoms with van der Waals surface area (Å²) < 4.78 is 0. The van der Waals surface area contributed by atoms with Gasteiger partial charge < -0.3 is 20.6 Å². The molecular weight excluding hydrogens is 266 g/mol. The van der Waals surface area contributed by atoms with Gasteiger partial charge in [-0.1, -0.05) is 13.8 Å². The Kier molecular flexibility index (Phi) is 5.07. The lowest BCUT2D eigenvalue weighted by Gasteiger charge is -2.38. The lowest BCUT2D eigenvalue weighted by Crippen LogP contribution is -2.52. The van der Waals surface area contributed by atoms with Gasteiger partial charge in [-0.25, -0.2) is 0 Å². The normalized spacial score (nSPS) is 17.1. The quantitative estimate of drug-likeness (QED) is 0.876. The molecule has 0 spiro atoms. The Morgan fingerprint density at radius 1 is 1.19 bits per heavy atom. The number of phenols is 1. The molecule has 1 heterocycles. The number of carbonyl (C=O) groups is 1. The van der Waals surface area contributed by atoms with Gasteiger partial charge in [0.1, 0.15) is 5.75 Å². The van der Waals surface area contributed by atoms with Crippen molar-refractivity contribution in [1.82, 2.24) is 4.90 Å². The molecule has 1 unspecified atom stereocenters. The summed E-state index contributed by atoms with van der Waals surface area (Å²) in [7, 11) is 0. The molecule has 1 fully saturated rings. The summed E-state index contributed by atoms with van der Waals surface area (Å²) in [4.78, 5) is 16.6. The zero-order chi connectivity index (χ0) is 15.4. The van der Waals surface area contributed by atoms with Gasteiger partial charge in [-0.15, -0.1) is 0 Å². The van der Waals surface area contributed by atoms with Gasteiger partial charge in [0.25, 0.3) is 0 Å². The van der Waals surface area contributed by atoms with Crippen LogP contribution in [0.15, 0.2) is 24.3 Å². The summed E-state index contributed by atoms with van der Waals surface area (Å²) in [6.45, 7) is 7.57. The van der Waals surface area contributed by atoms with Gasteiger partial charge >= 0.3 is 0 Å². The van der Waals surface area contributed by atoms with Gasteiger partial charge in [0.15, 0.2) is 0 Å². The number of hydrogen-bond donors (Lipinski definition) is 2. The number of rotatable bonds is 4. The smallest absolute Gasteiger partial charge is 0.227 e. The van der Waals surface area contributed by atoms with E-state index in [2.05, 4.69) is 4.90 Å². The fourth-order valence-electron chi connectivity index (χ4n) is 2.74. The van der Waals surface area contributed by atoms with Gasteiger partial charge in [0.05, 0.1) is 5.92 Å². The van der Waals surface area contributed by atoms with Crippen LogP contribution in [0.2, 0.25) is 0 Å². The summed E-state index contributed by atoms with van der Waals surface area (Å²) >= 11 is 0. The Morgan fingerprint density at radius 3 is 2.24 bits per heavy atom. The van der Waals surface area contributed by atoms with Crippen LogP contribution in [0.4, 0.5) is 5.69 Å². The standard InChI is InChI=1S/C16H25N3O2/c1-12(2)15(11-17)16(21)19-9-7-18(8-10-19)13-3-5-14(20)6-4-13/h3-6,12,15,20H,7-11,17H2,1-2H3. The molecule has 0 bridgehead atoms. The first-order valence-electron chi connectivity index (χ1n) is 7.55. The Hall–Kier alpha value is -1.75. The van der Waals surface area contributed by atoms with Crippen LogP contribution in [0.25, 0.3) is 0 Å².